The summed E-state index contributed by atoms with van der Waals surface area (Å²) in [4.78, 5) is 0. The SMILES string of the molecule is OC(Cl)C(Cl)(Cl)C(Cl)(Cl)C(Cl)(Cl)Cl. The smallest absolute Gasteiger partial charge is 0.226 e. The molecule has 0 radical (unpaired) electrons. The molecule has 1 unspecified atom stereocenters. The lowest BCUT2D eigenvalue weighted by atomic mass is 10.3. The highest BCUT2D eigenvalue weighted by molar-refractivity contribution is 6.79. The van der Waals surface area contributed by atoms with Crippen LogP contribution >= 0.6 is 92.8 Å². The Morgan fingerprint density at radius 3 is 1.23 bits per heavy atom. The monoisotopic (exact) mass is 346 g/mol. The first-order valence-electron chi connectivity index (χ1n) is 2.59. The van der Waals surface area contributed by atoms with Gasteiger partial charge in [-0.1, -0.05) is 92.8 Å². The van der Waals surface area contributed by atoms with Crippen LogP contribution in [0, 0.1) is 0 Å². The van der Waals surface area contributed by atoms with Gasteiger partial charge in [0.1, 0.15) is 0 Å². The van der Waals surface area contributed by atoms with Gasteiger partial charge in [-0.2, -0.15) is 0 Å². The summed E-state index contributed by atoms with van der Waals surface area (Å²) < 4.78 is -6.67. The second kappa shape index (κ2) is 4.65. The molecule has 0 saturated heterocycles. The Morgan fingerprint density at radius 2 is 1.15 bits per heavy atom. The second-order valence-electron chi connectivity index (χ2n) is 2.03. The molecule has 1 nitrogen and oxygen atoms in total. The Labute approximate surface area is 115 Å². The van der Waals surface area contributed by atoms with Crippen LogP contribution in [0.1, 0.15) is 0 Å². The third kappa shape index (κ3) is 3.12. The van der Waals surface area contributed by atoms with E-state index in [-0.39, 0.29) is 0 Å². The van der Waals surface area contributed by atoms with E-state index in [9.17, 15) is 0 Å². The summed E-state index contributed by atoms with van der Waals surface area (Å²) in [5.74, 6) is 0. The molecule has 1 atom stereocenters. The van der Waals surface area contributed by atoms with Crippen LogP contribution in [-0.2, 0) is 0 Å². The quantitative estimate of drug-likeness (QED) is 0.739. The molecule has 0 aliphatic rings. The third-order valence-corrected chi connectivity index (χ3v) is 5.59. The first-order chi connectivity index (χ1) is 5.44. The summed E-state index contributed by atoms with van der Waals surface area (Å²) in [6, 6.07) is 0. The van der Waals surface area contributed by atoms with Crippen molar-refractivity contribution in [1.29, 1.82) is 0 Å². The molecule has 0 aliphatic carbocycles. The van der Waals surface area contributed by atoms with Gasteiger partial charge in [0.05, 0.1) is 0 Å². The molecule has 0 heterocycles. The highest BCUT2D eigenvalue weighted by Crippen LogP contribution is 2.57. The maximum atomic E-state index is 8.94. The lowest BCUT2D eigenvalue weighted by Gasteiger charge is -2.38. The van der Waals surface area contributed by atoms with Crippen molar-refractivity contribution in [2.45, 2.75) is 18.0 Å². The van der Waals surface area contributed by atoms with Gasteiger partial charge in [0, 0.05) is 0 Å². The van der Waals surface area contributed by atoms with Gasteiger partial charge in [-0.25, -0.2) is 0 Å². The number of hydrogen-bond acceptors (Lipinski definition) is 1. The molecule has 0 aromatic carbocycles. The van der Waals surface area contributed by atoms with Gasteiger partial charge in [0.15, 0.2) is 9.90 Å². The van der Waals surface area contributed by atoms with Crippen LogP contribution in [0.15, 0.2) is 0 Å². The van der Waals surface area contributed by atoms with Crippen molar-refractivity contribution in [3.05, 3.63) is 0 Å². The third-order valence-electron chi connectivity index (χ3n) is 1.07. The van der Waals surface area contributed by atoms with Crippen molar-refractivity contribution < 1.29 is 5.11 Å². The molecular formula is C4H2Cl8O. The molecule has 0 spiro atoms. The van der Waals surface area contributed by atoms with Crippen molar-refractivity contribution in [2.75, 3.05) is 0 Å². The molecule has 0 amide bonds. The van der Waals surface area contributed by atoms with E-state index in [4.69, 9.17) is 97.9 Å². The maximum absolute atomic E-state index is 8.94. The van der Waals surface area contributed by atoms with E-state index in [1.165, 1.54) is 0 Å². The van der Waals surface area contributed by atoms with Crippen molar-refractivity contribution in [3.63, 3.8) is 0 Å². The highest BCUT2D eigenvalue weighted by Gasteiger charge is 2.62. The summed E-state index contributed by atoms with van der Waals surface area (Å²) in [5, 5.41) is 8.94. The van der Waals surface area contributed by atoms with Gasteiger partial charge in [-0.15, -0.1) is 0 Å². The van der Waals surface area contributed by atoms with E-state index < -0.39 is 18.0 Å². The van der Waals surface area contributed by atoms with Crippen LogP contribution in [0.5, 0.6) is 0 Å². The minimum atomic E-state index is -2.26. The molecule has 0 rings (SSSR count). The standard InChI is InChI=1S/C4H2Cl8O/c5-1(13)2(6,7)3(8,9)4(10,11)12/h1,13H. The molecule has 0 aliphatic heterocycles. The summed E-state index contributed by atoms with van der Waals surface area (Å²) in [7, 11) is 0. The predicted octanol–water partition coefficient (Wildman–Crippen LogP) is 4.26. The van der Waals surface area contributed by atoms with Gasteiger partial charge in [-0.05, 0) is 0 Å². The Balaban J connectivity index is 5.04. The normalized spacial score (nSPS) is 17.3. The topological polar surface area (TPSA) is 20.2 Å². The molecule has 9 heteroatoms. The molecule has 13 heavy (non-hydrogen) atoms. The van der Waals surface area contributed by atoms with E-state index in [1.807, 2.05) is 0 Å². The fraction of sp³-hybridized carbons (Fsp3) is 1.00. The average molecular weight is 350 g/mol. The summed E-state index contributed by atoms with van der Waals surface area (Å²) >= 11 is 43.5. The number of alkyl halides is 8. The van der Waals surface area contributed by atoms with E-state index >= 15 is 0 Å². The molecule has 0 aromatic rings. The fourth-order valence-electron chi connectivity index (χ4n) is 0.339. The minimum Gasteiger partial charge on any atom is -0.374 e. The lowest BCUT2D eigenvalue weighted by molar-refractivity contribution is 0.228. The average Bonchev–Trinajstić information content (AvgIpc) is 1.84. The Morgan fingerprint density at radius 1 is 0.846 bits per heavy atom. The van der Waals surface area contributed by atoms with Crippen LogP contribution < -0.4 is 0 Å². The number of aliphatic hydroxyl groups excluding tert-OH is 1. The zero-order chi connectivity index (χ0) is 11.1. The van der Waals surface area contributed by atoms with Crippen molar-refractivity contribution >= 4 is 92.8 Å². The van der Waals surface area contributed by atoms with Gasteiger partial charge in [0.2, 0.25) is 8.13 Å². The fourth-order valence-corrected chi connectivity index (χ4v) is 1.84. The lowest BCUT2D eigenvalue weighted by Crippen LogP contribution is -2.51. The van der Waals surface area contributed by atoms with Gasteiger partial charge >= 0.3 is 0 Å². The van der Waals surface area contributed by atoms with E-state index in [0.717, 1.165) is 0 Å². The van der Waals surface area contributed by atoms with Crippen LogP contribution in [0.2, 0.25) is 0 Å². The largest absolute Gasteiger partial charge is 0.374 e. The van der Waals surface area contributed by atoms with Crippen molar-refractivity contribution in [2.24, 2.45) is 0 Å². The van der Waals surface area contributed by atoms with Gasteiger partial charge < -0.3 is 5.11 Å². The molecule has 0 saturated carbocycles. The highest BCUT2D eigenvalue weighted by atomic mass is 35.6. The zero-order valence-corrected chi connectivity index (χ0v) is 11.6. The van der Waals surface area contributed by atoms with Gasteiger partial charge in [-0.3, -0.25) is 0 Å². The zero-order valence-electron chi connectivity index (χ0n) is 5.55. The Hall–Kier alpha value is 2.28. The van der Waals surface area contributed by atoms with E-state index in [2.05, 4.69) is 0 Å². The molecule has 0 aromatic heterocycles. The number of rotatable bonds is 2. The summed E-state index contributed by atoms with van der Waals surface area (Å²) in [6.07, 6.45) is 0. The van der Waals surface area contributed by atoms with Crippen LogP contribution in [0.4, 0.5) is 0 Å². The first kappa shape index (κ1) is 15.3. The summed E-state index contributed by atoms with van der Waals surface area (Å²) in [5.41, 5.74) is -1.79. The number of halogens is 8. The first-order valence-corrected chi connectivity index (χ1v) is 5.67. The number of aliphatic hydroxyl groups is 1. The predicted molar refractivity (Wildman–Crippen MR) is 61.0 cm³/mol. The van der Waals surface area contributed by atoms with Crippen LogP contribution in [-0.4, -0.2) is 23.1 Å². The molecule has 80 valence electrons. The second-order valence-corrected chi connectivity index (χ2v) is 7.44. The Kier molecular flexibility index (Phi) is 5.46. The maximum Gasteiger partial charge on any atom is 0.226 e. The molecule has 1 N–H and O–H groups in total. The van der Waals surface area contributed by atoms with E-state index in [0.29, 0.717) is 0 Å². The van der Waals surface area contributed by atoms with Crippen molar-refractivity contribution in [1.82, 2.24) is 0 Å². The van der Waals surface area contributed by atoms with Gasteiger partial charge in [0.25, 0.3) is 0 Å². The number of hydrogen-bond donors (Lipinski definition) is 1. The van der Waals surface area contributed by atoms with E-state index in [1.54, 1.807) is 0 Å². The Bertz CT molecular complexity index is 181. The van der Waals surface area contributed by atoms with Crippen LogP contribution in [0.3, 0.4) is 0 Å². The van der Waals surface area contributed by atoms with Crippen molar-refractivity contribution in [3.8, 4) is 0 Å². The molecular weight excluding hydrogens is 348 g/mol. The summed E-state index contributed by atoms with van der Waals surface area (Å²) in [6.45, 7) is 0. The van der Waals surface area contributed by atoms with Crippen LogP contribution in [0.25, 0.3) is 0 Å². The minimum absolute atomic E-state index is 1.79. The molecule has 0 bridgehead atoms. The molecule has 0 fully saturated rings.